The third-order valence-electron chi connectivity index (χ3n) is 3.04. The second kappa shape index (κ2) is 3.46. The molecule has 0 unspecified atom stereocenters. The zero-order valence-electron chi connectivity index (χ0n) is 9.03. The first-order valence-electron chi connectivity index (χ1n) is 5.32. The molecule has 3 rings (SSSR count). The van der Waals surface area contributed by atoms with E-state index in [1.165, 1.54) is 29.0 Å². The summed E-state index contributed by atoms with van der Waals surface area (Å²) in [5.74, 6) is 0. The van der Waals surface area contributed by atoms with Crippen molar-refractivity contribution in [2.75, 3.05) is 18.5 Å². The van der Waals surface area contributed by atoms with Gasteiger partial charge in [0.2, 0.25) is 0 Å². The molecule has 1 aromatic heterocycles. The standard InChI is InChI=1S/C12H11N3S/c1-15-4-2-3-8-5-9-11(6-10(8)15)16-12(7-13)14-9/h5-6H,2-4H2,1H3. The number of hydrogen-bond donors (Lipinski definition) is 0. The maximum absolute atomic E-state index is 8.84. The van der Waals surface area contributed by atoms with Crippen molar-refractivity contribution >= 4 is 27.2 Å². The minimum atomic E-state index is 0.556. The maximum Gasteiger partial charge on any atom is 0.195 e. The zero-order valence-corrected chi connectivity index (χ0v) is 9.84. The van der Waals surface area contributed by atoms with E-state index in [1.807, 2.05) is 0 Å². The Morgan fingerprint density at radius 1 is 1.50 bits per heavy atom. The molecule has 0 amide bonds. The number of aryl methyl sites for hydroxylation is 1. The lowest BCUT2D eigenvalue weighted by Crippen LogP contribution is -2.24. The quantitative estimate of drug-likeness (QED) is 0.697. The number of thiazole rings is 1. The van der Waals surface area contributed by atoms with Crippen molar-refractivity contribution in [2.45, 2.75) is 12.8 Å². The van der Waals surface area contributed by atoms with Gasteiger partial charge in [0, 0.05) is 19.3 Å². The highest BCUT2D eigenvalue weighted by molar-refractivity contribution is 7.19. The predicted octanol–water partition coefficient (Wildman–Crippen LogP) is 2.55. The minimum Gasteiger partial charge on any atom is -0.374 e. The van der Waals surface area contributed by atoms with Gasteiger partial charge < -0.3 is 4.90 Å². The fourth-order valence-corrected chi connectivity index (χ4v) is 3.01. The van der Waals surface area contributed by atoms with Crippen LogP contribution in [-0.2, 0) is 6.42 Å². The number of aromatic nitrogens is 1. The Labute approximate surface area is 97.9 Å². The Bertz CT molecular complexity index is 594. The lowest BCUT2D eigenvalue weighted by Gasteiger charge is -2.27. The van der Waals surface area contributed by atoms with Gasteiger partial charge in [0.05, 0.1) is 10.2 Å². The van der Waals surface area contributed by atoms with Gasteiger partial charge in [0.25, 0.3) is 0 Å². The van der Waals surface area contributed by atoms with Crippen LogP contribution in [0.1, 0.15) is 17.0 Å². The van der Waals surface area contributed by atoms with Crippen molar-refractivity contribution in [3.63, 3.8) is 0 Å². The number of anilines is 1. The minimum absolute atomic E-state index is 0.556. The van der Waals surface area contributed by atoms with E-state index in [-0.39, 0.29) is 0 Å². The second-order valence-electron chi connectivity index (χ2n) is 4.10. The molecule has 0 radical (unpaired) electrons. The van der Waals surface area contributed by atoms with Gasteiger partial charge in [-0.25, -0.2) is 4.98 Å². The molecule has 0 bridgehead atoms. The second-order valence-corrected chi connectivity index (χ2v) is 5.14. The number of nitrogens with zero attached hydrogens (tertiary/aromatic N) is 3. The van der Waals surface area contributed by atoms with Crippen LogP contribution in [0.5, 0.6) is 0 Å². The van der Waals surface area contributed by atoms with Crippen LogP contribution in [0.25, 0.3) is 10.2 Å². The van der Waals surface area contributed by atoms with Gasteiger partial charge >= 0.3 is 0 Å². The monoisotopic (exact) mass is 229 g/mol. The molecular formula is C12H11N3S. The SMILES string of the molecule is CN1CCCc2cc3nc(C#N)sc3cc21. The van der Waals surface area contributed by atoms with Crippen molar-refractivity contribution < 1.29 is 0 Å². The highest BCUT2D eigenvalue weighted by Crippen LogP contribution is 2.33. The molecule has 1 aliphatic rings. The molecule has 0 fully saturated rings. The Hall–Kier alpha value is -1.60. The third kappa shape index (κ3) is 1.36. The summed E-state index contributed by atoms with van der Waals surface area (Å²) in [5.41, 5.74) is 3.62. The summed E-state index contributed by atoms with van der Waals surface area (Å²) in [4.78, 5) is 6.59. The summed E-state index contributed by atoms with van der Waals surface area (Å²) in [7, 11) is 2.12. The fourth-order valence-electron chi connectivity index (χ4n) is 2.24. The number of benzene rings is 1. The highest BCUT2D eigenvalue weighted by Gasteiger charge is 2.16. The van der Waals surface area contributed by atoms with Gasteiger partial charge in [-0.15, -0.1) is 11.3 Å². The Morgan fingerprint density at radius 3 is 3.19 bits per heavy atom. The van der Waals surface area contributed by atoms with E-state index in [2.05, 4.69) is 35.1 Å². The number of nitriles is 1. The molecule has 0 saturated carbocycles. The molecule has 0 N–H and O–H groups in total. The van der Waals surface area contributed by atoms with E-state index in [1.54, 1.807) is 0 Å². The normalized spacial score (nSPS) is 14.9. The van der Waals surface area contributed by atoms with Crippen LogP contribution < -0.4 is 4.90 Å². The van der Waals surface area contributed by atoms with E-state index < -0.39 is 0 Å². The molecular weight excluding hydrogens is 218 g/mol. The average Bonchev–Trinajstić information content (AvgIpc) is 2.69. The smallest absolute Gasteiger partial charge is 0.195 e. The third-order valence-corrected chi connectivity index (χ3v) is 3.96. The van der Waals surface area contributed by atoms with Gasteiger partial charge in [-0.2, -0.15) is 5.26 Å². The summed E-state index contributed by atoms with van der Waals surface area (Å²) in [6.07, 6.45) is 2.32. The molecule has 0 spiro atoms. The van der Waals surface area contributed by atoms with Crippen molar-refractivity contribution in [1.29, 1.82) is 5.26 Å². The topological polar surface area (TPSA) is 39.9 Å². The van der Waals surface area contributed by atoms with Crippen LogP contribution in [0.15, 0.2) is 12.1 Å². The summed E-state index contributed by atoms with van der Waals surface area (Å²) in [6, 6.07) is 6.42. The van der Waals surface area contributed by atoms with Crippen LogP contribution in [0.2, 0.25) is 0 Å². The molecule has 1 aromatic carbocycles. The molecule has 16 heavy (non-hydrogen) atoms. The molecule has 0 atom stereocenters. The van der Waals surface area contributed by atoms with E-state index in [0.29, 0.717) is 5.01 Å². The summed E-state index contributed by atoms with van der Waals surface area (Å²) in [5, 5.41) is 9.40. The van der Waals surface area contributed by atoms with Crippen molar-refractivity contribution in [1.82, 2.24) is 4.98 Å². The van der Waals surface area contributed by atoms with Crippen LogP contribution in [0.3, 0.4) is 0 Å². The van der Waals surface area contributed by atoms with Crippen molar-refractivity contribution in [2.24, 2.45) is 0 Å². The molecule has 0 saturated heterocycles. The van der Waals surface area contributed by atoms with Crippen molar-refractivity contribution in [3.05, 3.63) is 22.7 Å². The molecule has 0 aliphatic carbocycles. The van der Waals surface area contributed by atoms with Crippen LogP contribution >= 0.6 is 11.3 Å². The Balaban J connectivity index is 2.25. The van der Waals surface area contributed by atoms with Gasteiger partial charge in [-0.05, 0) is 30.5 Å². The summed E-state index contributed by atoms with van der Waals surface area (Å²) in [6.45, 7) is 1.11. The molecule has 2 aromatic rings. The lowest BCUT2D eigenvalue weighted by atomic mass is 10.0. The van der Waals surface area contributed by atoms with E-state index in [9.17, 15) is 0 Å². The molecule has 80 valence electrons. The number of hydrogen-bond acceptors (Lipinski definition) is 4. The van der Waals surface area contributed by atoms with Crippen LogP contribution in [-0.4, -0.2) is 18.6 Å². The molecule has 3 nitrogen and oxygen atoms in total. The largest absolute Gasteiger partial charge is 0.374 e. The van der Waals surface area contributed by atoms with E-state index >= 15 is 0 Å². The Kier molecular flexibility index (Phi) is 2.08. The van der Waals surface area contributed by atoms with E-state index in [0.717, 1.165) is 23.2 Å². The zero-order chi connectivity index (χ0) is 11.1. The van der Waals surface area contributed by atoms with Gasteiger partial charge in [0.1, 0.15) is 6.07 Å². The molecule has 4 heteroatoms. The predicted molar refractivity (Wildman–Crippen MR) is 65.9 cm³/mol. The van der Waals surface area contributed by atoms with Crippen molar-refractivity contribution in [3.8, 4) is 6.07 Å². The summed E-state index contributed by atoms with van der Waals surface area (Å²) >= 11 is 1.47. The first-order valence-corrected chi connectivity index (χ1v) is 6.14. The van der Waals surface area contributed by atoms with Gasteiger partial charge in [-0.3, -0.25) is 0 Å². The van der Waals surface area contributed by atoms with Gasteiger partial charge in [0.15, 0.2) is 5.01 Å². The van der Waals surface area contributed by atoms with Crippen LogP contribution in [0.4, 0.5) is 5.69 Å². The number of rotatable bonds is 0. The highest BCUT2D eigenvalue weighted by atomic mass is 32.1. The Morgan fingerprint density at radius 2 is 2.38 bits per heavy atom. The maximum atomic E-state index is 8.84. The van der Waals surface area contributed by atoms with E-state index in [4.69, 9.17) is 5.26 Å². The average molecular weight is 229 g/mol. The first kappa shape index (κ1) is 9.61. The fraction of sp³-hybridized carbons (Fsp3) is 0.333. The first-order chi connectivity index (χ1) is 7.78. The lowest BCUT2D eigenvalue weighted by molar-refractivity contribution is 0.746. The summed E-state index contributed by atoms with van der Waals surface area (Å²) < 4.78 is 1.11. The van der Waals surface area contributed by atoms with Crippen LogP contribution in [0, 0.1) is 11.3 Å². The molecule has 1 aliphatic heterocycles. The molecule has 2 heterocycles. The number of fused-ring (bicyclic) bond motifs is 2. The van der Waals surface area contributed by atoms with Gasteiger partial charge in [-0.1, -0.05) is 0 Å².